The van der Waals surface area contributed by atoms with Crippen molar-refractivity contribution < 1.29 is 19.7 Å². The van der Waals surface area contributed by atoms with Crippen LogP contribution < -0.4 is 9.47 Å². The number of aromatic hydroxyl groups is 2. The molecule has 0 radical (unpaired) electrons. The van der Waals surface area contributed by atoms with Crippen molar-refractivity contribution in [3.8, 4) is 23.0 Å². The van der Waals surface area contributed by atoms with E-state index in [4.69, 9.17) is 9.47 Å². The van der Waals surface area contributed by atoms with Gasteiger partial charge in [-0.25, -0.2) is 0 Å². The summed E-state index contributed by atoms with van der Waals surface area (Å²) in [4.78, 5) is 0. The van der Waals surface area contributed by atoms with E-state index >= 15 is 0 Å². The summed E-state index contributed by atoms with van der Waals surface area (Å²) in [6.07, 6.45) is 5.57. The molecule has 1 aliphatic carbocycles. The number of phenolic OH excluding ortho intramolecular Hbond substituents is 2. The molecule has 0 unspecified atom stereocenters. The molecule has 50 heavy (non-hydrogen) atoms. The van der Waals surface area contributed by atoms with Crippen LogP contribution in [0.2, 0.25) is 0 Å². The van der Waals surface area contributed by atoms with E-state index in [0.717, 1.165) is 78.3 Å². The van der Waals surface area contributed by atoms with Crippen LogP contribution in [0.15, 0.2) is 134 Å². The van der Waals surface area contributed by atoms with Crippen LogP contribution in [0.5, 0.6) is 23.0 Å². The van der Waals surface area contributed by atoms with E-state index in [0.29, 0.717) is 38.9 Å². The standard InChI is InChI=1S/C46H40O4/c1-3-31-17-21-33(22-18-31)29-49-45-39-13-7-14-40(45)26-36-10-6-12-38(44(36)48)28-42-16-8-15-41(27-37-11-5-9-35(25-39)43(37)47)46(42)50-30-34-23-19-32(4-2)20-24-34/h3-24,47-48H,1-2,25-30H2. The molecule has 2 N–H and O–H groups in total. The molecule has 0 amide bonds. The largest absolute Gasteiger partial charge is 0.507 e. The van der Waals surface area contributed by atoms with E-state index in [1.165, 1.54) is 0 Å². The maximum absolute atomic E-state index is 11.7. The number of rotatable bonds is 8. The molecule has 0 saturated heterocycles. The van der Waals surface area contributed by atoms with Crippen LogP contribution in [-0.4, -0.2) is 10.2 Å². The molecule has 0 fully saturated rings. The number of fused-ring (bicyclic) bond motifs is 8. The van der Waals surface area contributed by atoms with E-state index in [2.05, 4.69) is 37.4 Å². The zero-order valence-electron chi connectivity index (χ0n) is 28.1. The first-order chi connectivity index (χ1) is 24.5. The van der Waals surface area contributed by atoms with E-state index in [1.54, 1.807) is 0 Å². The third-order valence-electron chi connectivity index (χ3n) is 9.48. The second kappa shape index (κ2) is 14.6. The summed E-state index contributed by atoms with van der Waals surface area (Å²) in [6, 6.07) is 40.5. The number of phenols is 2. The van der Waals surface area contributed by atoms with Crippen LogP contribution in [0.1, 0.15) is 66.8 Å². The van der Waals surface area contributed by atoms with Crippen molar-refractivity contribution in [2.24, 2.45) is 0 Å². The molecule has 0 saturated carbocycles. The molecule has 1 aliphatic rings. The minimum Gasteiger partial charge on any atom is -0.507 e. The minimum absolute atomic E-state index is 0.273. The molecule has 6 aromatic carbocycles. The van der Waals surface area contributed by atoms with Gasteiger partial charge in [-0.05, 0) is 66.8 Å². The third-order valence-corrected chi connectivity index (χ3v) is 9.48. The monoisotopic (exact) mass is 656 g/mol. The van der Waals surface area contributed by atoms with Gasteiger partial charge < -0.3 is 19.7 Å². The topological polar surface area (TPSA) is 58.9 Å². The Labute approximate surface area is 294 Å². The maximum atomic E-state index is 11.7. The molecule has 0 aromatic heterocycles. The summed E-state index contributed by atoms with van der Waals surface area (Å²) in [5.41, 5.74) is 11.3. The molecule has 4 nitrogen and oxygen atoms in total. The average molecular weight is 657 g/mol. The van der Waals surface area contributed by atoms with Crippen molar-refractivity contribution >= 4 is 12.2 Å². The fraction of sp³-hybridized carbons (Fsp3) is 0.130. The van der Waals surface area contributed by atoms with Crippen molar-refractivity contribution in [3.63, 3.8) is 0 Å². The number of hydrogen-bond donors (Lipinski definition) is 2. The smallest absolute Gasteiger partial charge is 0.126 e. The number of para-hydroxylation sites is 4. The first-order valence-electron chi connectivity index (χ1n) is 17.0. The summed E-state index contributed by atoms with van der Waals surface area (Å²) in [6.45, 7) is 8.49. The van der Waals surface area contributed by atoms with Gasteiger partial charge in [0.1, 0.15) is 36.2 Å². The van der Waals surface area contributed by atoms with Gasteiger partial charge in [-0.2, -0.15) is 0 Å². The molecule has 8 bridgehead atoms. The second-order valence-corrected chi connectivity index (χ2v) is 12.8. The summed E-state index contributed by atoms with van der Waals surface area (Å²) < 4.78 is 13.2. The Balaban J connectivity index is 1.30. The Kier molecular flexibility index (Phi) is 9.52. The van der Waals surface area contributed by atoms with Gasteiger partial charge in [-0.15, -0.1) is 0 Å². The van der Waals surface area contributed by atoms with Crippen LogP contribution in [0, 0.1) is 0 Å². The lowest BCUT2D eigenvalue weighted by atomic mass is 9.91. The first-order valence-corrected chi connectivity index (χ1v) is 17.0. The van der Waals surface area contributed by atoms with Crippen molar-refractivity contribution in [1.82, 2.24) is 0 Å². The quantitative estimate of drug-likeness (QED) is 0.171. The van der Waals surface area contributed by atoms with Gasteiger partial charge in [0.25, 0.3) is 0 Å². The average Bonchev–Trinajstić information content (AvgIpc) is 3.14. The molecular formula is C46H40O4. The van der Waals surface area contributed by atoms with Crippen LogP contribution >= 0.6 is 0 Å². The van der Waals surface area contributed by atoms with Gasteiger partial charge in [-0.1, -0.05) is 147 Å². The Hall–Kier alpha value is -6.00. The van der Waals surface area contributed by atoms with Crippen LogP contribution in [0.3, 0.4) is 0 Å². The van der Waals surface area contributed by atoms with Gasteiger partial charge in [0.15, 0.2) is 0 Å². The predicted octanol–water partition coefficient (Wildman–Crippen LogP) is 10.2. The van der Waals surface area contributed by atoms with E-state index in [1.807, 2.05) is 109 Å². The van der Waals surface area contributed by atoms with Crippen molar-refractivity contribution in [2.75, 3.05) is 0 Å². The van der Waals surface area contributed by atoms with Crippen molar-refractivity contribution in [2.45, 2.75) is 38.9 Å². The SMILES string of the molecule is C=Cc1ccc(COc2c3cccc2Cc2cccc(c2O)Cc2cccc(c2OCc2ccc(C=C)cc2)Cc2cccc(c2O)C3)cc1. The maximum Gasteiger partial charge on any atom is 0.126 e. The van der Waals surface area contributed by atoms with Crippen molar-refractivity contribution in [3.05, 3.63) is 201 Å². The zero-order chi connectivity index (χ0) is 34.5. The number of hydrogen-bond acceptors (Lipinski definition) is 4. The highest BCUT2D eigenvalue weighted by Crippen LogP contribution is 2.38. The van der Waals surface area contributed by atoms with E-state index < -0.39 is 0 Å². The second-order valence-electron chi connectivity index (χ2n) is 12.8. The summed E-state index contributed by atoms with van der Waals surface area (Å²) in [7, 11) is 0. The lowest BCUT2D eigenvalue weighted by molar-refractivity contribution is 0.300. The molecular weight excluding hydrogens is 617 g/mol. The Bertz CT molecular complexity index is 1920. The Morgan fingerprint density at radius 3 is 0.980 bits per heavy atom. The molecule has 0 atom stereocenters. The predicted molar refractivity (Wildman–Crippen MR) is 202 cm³/mol. The lowest BCUT2D eigenvalue weighted by Crippen LogP contribution is -2.06. The highest BCUT2D eigenvalue weighted by atomic mass is 16.5. The van der Waals surface area contributed by atoms with Gasteiger partial charge in [-0.3, -0.25) is 0 Å². The highest BCUT2D eigenvalue weighted by Gasteiger charge is 2.20. The van der Waals surface area contributed by atoms with Crippen molar-refractivity contribution in [1.29, 1.82) is 0 Å². The van der Waals surface area contributed by atoms with Gasteiger partial charge in [0.2, 0.25) is 0 Å². The fourth-order valence-electron chi connectivity index (χ4n) is 6.69. The van der Waals surface area contributed by atoms with Gasteiger partial charge in [0, 0.05) is 25.7 Å². The molecule has 6 aromatic rings. The number of benzene rings is 6. The van der Waals surface area contributed by atoms with E-state index in [9.17, 15) is 10.2 Å². The first kappa shape index (κ1) is 32.5. The lowest BCUT2D eigenvalue weighted by Gasteiger charge is -2.20. The Morgan fingerprint density at radius 1 is 0.420 bits per heavy atom. The molecule has 0 aliphatic heterocycles. The zero-order valence-corrected chi connectivity index (χ0v) is 28.1. The van der Waals surface area contributed by atoms with Gasteiger partial charge in [0.05, 0.1) is 0 Å². The Morgan fingerprint density at radius 2 is 0.700 bits per heavy atom. The molecule has 0 heterocycles. The van der Waals surface area contributed by atoms with E-state index in [-0.39, 0.29) is 11.5 Å². The number of ether oxygens (including phenoxy) is 2. The van der Waals surface area contributed by atoms with Gasteiger partial charge >= 0.3 is 0 Å². The minimum atomic E-state index is 0.273. The summed E-state index contributed by atoms with van der Waals surface area (Å²) in [5, 5.41) is 23.5. The molecule has 4 heteroatoms. The highest BCUT2D eigenvalue weighted by molar-refractivity contribution is 5.56. The molecule has 0 spiro atoms. The summed E-state index contributed by atoms with van der Waals surface area (Å²) in [5.74, 6) is 2.08. The van der Waals surface area contributed by atoms with Crippen LogP contribution in [0.4, 0.5) is 0 Å². The van der Waals surface area contributed by atoms with Crippen LogP contribution in [0.25, 0.3) is 12.2 Å². The summed E-state index contributed by atoms with van der Waals surface area (Å²) >= 11 is 0. The van der Waals surface area contributed by atoms with Crippen LogP contribution in [-0.2, 0) is 38.9 Å². The normalized spacial score (nSPS) is 12.2. The molecule has 7 rings (SSSR count). The molecule has 248 valence electrons. The third kappa shape index (κ3) is 7.06. The fourth-order valence-corrected chi connectivity index (χ4v) is 6.69.